The van der Waals surface area contributed by atoms with Crippen molar-refractivity contribution in [2.24, 2.45) is 5.92 Å². The van der Waals surface area contributed by atoms with Gasteiger partial charge in [0.15, 0.2) is 0 Å². The van der Waals surface area contributed by atoms with Crippen LogP contribution in [0.5, 0.6) is 0 Å². The third-order valence-electron chi connectivity index (χ3n) is 3.88. The molecule has 0 aromatic heterocycles. The Kier molecular flexibility index (Phi) is 5.32. The van der Waals surface area contributed by atoms with Crippen molar-refractivity contribution in [2.75, 3.05) is 19.7 Å². The smallest absolute Gasteiger partial charge is 0.410 e. The lowest BCUT2D eigenvalue weighted by molar-refractivity contribution is -0.150. The highest BCUT2D eigenvalue weighted by molar-refractivity contribution is 5.75. The molecule has 6 nitrogen and oxygen atoms in total. The fraction of sp³-hybridized carbons (Fsp3) is 0.875. The lowest BCUT2D eigenvalue weighted by Gasteiger charge is -2.38. The fourth-order valence-electron chi connectivity index (χ4n) is 2.68. The van der Waals surface area contributed by atoms with Crippen LogP contribution in [0.25, 0.3) is 0 Å². The van der Waals surface area contributed by atoms with Crippen LogP contribution < -0.4 is 5.32 Å². The van der Waals surface area contributed by atoms with Crippen LogP contribution in [0.15, 0.2) is 0 Å². The van der Waals surface area contributed by atoms with Gasteiger partial charge >= 0.3 is 12.1 Å². The highest BCUT2D eigenvalue weighted by atomic mass is 16.6. The third kappa shape index (κ3) is 4.87. The van der Waals surface area contributed by atoms with Gasteiger partial charge in [-0.3, -0.25) is 4.79 Å². The van der Waals surface area contributed by atoms with E-state index in [9.17, 15) is 9.59 Å². The van der Waals surface area contributed by atoms with E-state index in [4.69, 9.17) is 9.47 Å². The molecule has 1 saturated carbocycles. The highest BCUT2D eigenvalue weighted by Crippen LogP contribution is 2.26. The van der Waals surface area contributed by atoms with E-state index in [0.29, 0.717) is 25.7 Å². The molecule has 1 N–H and O–H groups in total. The standard InChI is InChI=1S/C16H28N2O4/c1-5-21-14(19)12-10-18(15(20)22-16(2,3)4)9-8-13(12)17-11-6-7-11/h11-13,17H,5-10H2,1-4H3/t12-,13-/m0/s1. The predicted molar refractivity (Wildman–Crippen MR) is 82.5 cm³/mol. The zero-order chi connectivity index (χ0) is 16.3. The number of nitrogens with zero attached hydrogens (tertiary/aromatic N) is 1. The molecule has 6 heteroatoms. The minimum atomic E-state index is -0.528. The van der Waals surface area contributed by atoms with Crippen LogP contribution in [0, 0.1) is 5.92 Å². The second-order valence-electron chi connectivity index (χ2n) is 7.12. The van der Waals surface area contributed by atoms with Gasteiger partial charge in [-0.2, -0.15) is 0 Å². The Morgan fingerprint density at radius 1 is 1.23 bits per heavy atom. The maximum atomic E-state index is 12.2. The topological polar surface area (TPSA) is 67.9 Å². The van der Waals surface area contributed by atoms with E-state index >= 15 is 0 Å². The number of hydrogen-bond donors (Lipinski definition) is 1. The summed E-state index contributed by atoms with van der Waals surface area (Å²) >= 11 is 0. The van der Waals surface area contributed by atoms with Crippen molar-refractivity contribution in [3.63, 3.8) is 0 Å². The summed E-state index contributed by atoms with van der Waals surface area (Å²) in [6.45, 7) is 8.65. The summed E-state index contributed by atoms with van der Waals surface area (Å²) in [5, 5.41) is 3.51. The Labute approximate surface area is 132 Å². The van der Waals surface area contributed by atoms with E-state index in [1.165, 1.54) is 12.8 Å². The molecule has 2 fully saturated rings. The van der Waals surface area contributed by atoms with Crippen LogP contribution >= 0.6 is 0 Å². The number of nitrogens with one attached hydrogen (secondary N) is 1. The van der Waals surface area contributed by atoms with Gasteiger partial charge < -0.3 is 19.7 Å². The van der Waals surface area contributed by atoms with E-state index in [2.05, 4.69) is 5.32 Å². The summed E-state index contributed by atoms with van der Waals surface area (Å²) < 4.78 is 10.6. The number of ether oxygens (including phenoxy) is 2. The van der Waals surface area contributed by atoms with E-state index in [1.54, 1.807) is 11.8 Å². The number of piperidine rings is 1. The van der Waals surface area contributed by atoms with Gasteiger partial charge in [-0.1, -0.05) is 0 Å². The van der Waals surface area contributed by atoms with Crippen LogP contribution in [-0.4, -0.2) is 54.3 Å². The lowest BCUT2D eigenvalue weighted by atomic mass is 9.92. The van der Waals surface area contributed by atoms with Gasteiger partial charge in [0.1, 0.15) is 5.60 Å². The molecular weight excluding hydrogens is 284 g/mol. The largest absolute Gasteiger partial charge is 0.466 e. The monoisotopic (exact) mass is 312 g/mol. The lowest BCUT2D eigenvalue weighted by Crippen LogP contribution is -2.55. The number of carbonyl (C=O) groups is 2. The van der Waals surface area contributed by atoms with E-state index in [0.717, 1.165) is 6.42 Å². The van der Waals surface area contributed by atoms with Gasteiger partial charge in [-0.15, -0.1) is 0 Å². The van der Waals surface area contributed by atoms with Crippen molar-refractivity contribution >= 4 is 12.1 Å². The van der Waals surface area contributed by atoms with Crippen molar-refractivity contribution in [3.05, 3.63) is 0 Å². The Balaban J connectivity index is 1.99. The molecule has 0 bridgehead atoms. The van der Waals surface area contributed by atoms with Crippen molar-refractivity contribution in [1.82, 2.24) is 10.2 Å². The van der Waals surface area contributed by atoms with Gasteiger partial charge in [0.2, 0.25) is 0 Å². The molecule has 1 amide bonds. The number of esters is 1. The molecule has 1 aliphatic carbocycles. The first kappa shape index (κ1) is 17.1. The van der Waals surface area contributed by atoms with Gasteiger partial charge in [0.05, 0.1) is 12.5 Å². The molecule has 0 spiro atoms. The molecule has 0 radical (unpaired) electrons. The van der Waals surface area contributed by atoms with Crippen LogP contribution in [0.4, 0.5) is 4.79 Å². The van der Waals surface area contributed by atoms with Crippen LogP contribution in [0.2, 0.25) is 0 Å². The Morgan fingerprint density at radius 2 is 1.91 bits per heavy atom. The first-order valence-electron chi connectivity index (χ1n) is 8.20. The van der Waals surface area contributed by atoms with E-state index in [-0.39, 0.29) is 24.0 Å². The van der Waals surface area contributed by atoms with Crippen molar-refractivity contribution in [2.45, 2.75) is 64.6 Å². The normalized spacial score (nSPS) is 25.7. The first-order valence-corrected chi connectivity index (χ1v) is 8.20. The van der Waals surface area contributed by atoms with E-state index in [1.807, 2.05) is 20.8 Å². The Morgan fingerprint density at radius 3 is 2.45 bits per heavy atom. The minimum absolute atomic E-state index is 0.0882. The summed E-state index contributed by atoms with van der Waals surface area (Å²) in [5.41, 5.74) is -0.528. The quantitative estimate of drug-likeness (QED) is 0.803. The van der Waals surface area contributed by atoms with Gasteiger partial charge in [-0.25, -0.2) is 4.79 Å². The third-order valence-corrected chi connectivity index (χ3v) is 3.88. The maximum absolute atomic E-state index is 12.2. The number of hydrogen-bond acceptors (Lipinski definition) is 5. The molecule has 0 aromatic carbocycles. The first-order chi connectivity index (χ1) is 10.3. The fourth-order valence-corrected chi connectivity index (χ4v) is 2.68. The van der Waals surface area contributed by atoms with Crippen LogP contribution in [0.3, 0.4) is 0 Å². The minimum Gasteiger partial charge on any atom is -0.466 e. The molecule has 0 unspecified atom stereocenters. The molecule has 22 heavy (non-hydrogen) atoms. The molecule has 126 valence electrons. The zero-order valence-corrected chi connectivity index (χ0v) is 14.1. The van der Waals surface area contributed by atoms with Crippen LogP contribution in [0.1, 0.15) is 47.0 Å². The van der Waals surface area contributed by atoms with Crippen molar-refractivity contribution < 1.29 is 19.1 Å². The maximum Gasteiger partial charge on any atom is 0.410 e. The summed E-state index contributed by atoms with van der Waals surface area (Å²) in [6.07, 6.45) is 2.73. The van der Waals surface area contributed by atoms with Gasteiger partial charge in [0, 0.05) is 25.2 Å². The number of amides is 1. The summed E-state index contributed by atoms with van der Waals surface area (Å²) in [4.78, 5) is 26.1. The SMILES string of the molecule is CCOC(=O)[C@H]1CN(C(=O)OC(C)(C)C)CC[C@@H]1NC1CC1. The van der Waals surface area contributed by atoms with Crippen LogP contribution in [-0.2, 0) is 14.3 Å². The second kappa shape index (κ2) is 6.86. The van der Waals surface area contributed by atoms with Crippen molar-refractivity contribution in [3.8, 4) is 0 Å². The van der Waals surface area contributed by atoms with Gasteiger partial charge in [0.25, 0.3) is 0 Å². The molecule has 2 atom stereocenters. The number of likely N-dealkylation sites (tertiary alicyclic amines) is 1. The summed E-state index contributed by atoms with van der Waals surface area (Å²) in [5.74, 6) is -0.546. The highest BCUT2D eigenvalue weighted by Gasteiger charge is 2.40. The molecule has 1 aliphatic heterocycles. The van der Waals surface area contributed by atoms with Crippen molar-refractivity contribution in [1.29, 1.82) is 0 Å². The molecule has 0 aromatic rings. The molecule has 2 aliphatic rings. The summed E-state index contributed by atoms with van der Waals surface area (Å²) in [7, 11) is 0. The zero-order valence-electron chi connectivity index (χ0n) is 14.1. The molecule has 2 rings (SSSR count). The number of carbonyl (C=O) groups excluding carboxylic acids is 2. The molecule has 1 heterocycles. The Bertz CT molecular complexity index is 415. The average Bonchev–Trinajstić information content (AvgIpc) is 3.21. The average molecular weight is 312 g/mol. The number of rotatable bonds is 4. The van der Waals surface area contributed by atoms with E-state index < -0.39 is 5.60 Å². The predicted octanol–water partition coefficient (Wildman–Crippen LogP) is 1.93. The molecule has 1 saturated heterocycles. The van der Waals surface area contributed by atoms with Gasteiger partial charge in [-0.05, 0) is 47.0 Å². The Hall–Kier alpha value is -1.30. The second-order valence-corrected chi connectivity index (χ2v) is 7.12. The summed E-state index contributed by atoms with van der Waals surface area (Å²) in [6, 6.07) is 0.611. The molecular formula is C16H28N2O4.